The molecule has 3 aromatic rings. The third kappa shape index (κ3) is 3.84. The summed E-state index contributed by atoms with van der Waals surface area (Å²) in [4.78, 5) is 29.0. The van der Waals surface area contributed by atoms with Crippen LogP contribution in [0.4, 0.5) is 14.5 Å². The molecule has 0 atom stereocenters. The molecular weight excluding hydrogens is 404 g/mol. The highest BCUT2D eigenvalue weighted by Crippen LogP contribution is 2.27. The van der Waals surface area contributed by atoms with Gasteiger partial charge >= 0.3 is 0 Å². The molecular formula is C22H19F2N5O2. The van der Waals surface area contributed by atoms with Gasteiger partial charge in [-0.25, -0.2) is 13.5 Å². The molecule has 2 heterocycles. The number of anilines is 1. The molecule has 1 fully saturated rings. The number of aromatic nitrogens is 2. The van der Waals surface area contributed by atoms with Crippen LogP contribution in [0.3, 0.4) is 0 Å². The standard InChI is InChI=1S/C22H19F2N5O2/c1-27-21(30)18-5-3-2-4-17(18)19(26-27)22(31)29-8-6-28(7-9-29)16-11-14(13-25)10-15(12-16)20(23)24/h2-5,10-12,20H,6-9H2,1H3. The molecule has 0 aliphatic carbocycles. The van der Waals surface area contributed by atoms with Crippen molar-refractivity contribution in [2.45, 2.75) is 6.43 Å². The number of nitriles is 1. The fraction of sp³-hybridized carbons (Fsp3) is 0.273. The maximum Gasteiger partial charge on any atom is 0.275 e. The molecule has 0 bridgehead atoms. The van der Waals surface area contributed by atoms with Gasteiger partial charge in [-0.05, 0) is 24.3 Å². The van der Waals surface area contributed by atoms with E-state index in [-0.39, 0.29) is 28.3 Å². The first-order valence-electron chi connectivity index (χ1n) is 9.72. The number of halogens is 2. The zero-order valence-electron chi connectivity index (χ0n) is 16.8. The van der Waals surface area contributed by atoms with Gasteiger partial charge in [0, 0.05) is 49.9 Å². The Labute approximate surface area is 176 Å². The van der Waals surface area contributed by atoms with Gasteiger partial charge in [0.15, 0.2) is 5.69 Å². The minimum Gasteiger partial charge on any atom is -0.368 e. The van der Waals surface area contributed by atoms with Crippen molar-refractivity contribution in [3.05, 3.63) is 69.6 Å². The van der Waals surface area contributed by atoms with E-state index in [0.29, 0.717) is 42.6 Å². The number of fused-ring (bicyclic) bond motifs is 1. The summed E-state index contributed by atoms with van der Waals surface area (Å²) in [7, 11) is 1.51. The minimum absolute atomic E-state index is 0.173. The van der Waals surface area contributed by atoms with E-state index in [2.05, 4.69) is 5.10 Å². The van der Waals surface area contributed by atoms with Gasteiger partial charge in [0.1, 0.15) is 0 Å². The van der Waals surface area contributed by atoms with Gasteiger partial charge in [-0.15, -0.1) is 0 Å². The maximum atomic E-state index is 13.2. The molecule has 0 spiro atoms. The molecule has 2 aromatic carbocycles. The van der Waals surface area contributed by atoms with E-state index < -0.39 is 6.43 Å². The molecule has 4 rings (SSSR count). The molecule has 9 heteroatoms. The summed E-state index contributed by atoms with van der Waals surface area (Å²) in [5.74, 6) is -0.287. The molecule has 0 unspecified atom stereocenters. The lowest BCUT2D eigenvalue weighted by Gasteiger charge is -2.36. The maximum absolute atomic E-state index is 13.2. The average molecular weight is 423 g/mol. The summed E-state index contributed by atoms with van der Waals surface area (Å²) < 4.78 is 27.5. The minimum atomic E-state index is -2.67. The average Bonchev–Trinajstić information content (AvgIpc) is 2.80. The van der Waals surface area contributed by atoms with Crippen molar-refractivity contribution in [1.29, 1.82) is 5.26 Å². The Kier molecular flexibility index (Phi) is 5.38. The van der Waals surface area contributed by atoms with E-state index in [4.69, 9.17) is 5.26 Å². The summed E-state index contributed by atoms with van der Waals surface area (Å²) >= 11 is 0. The Morgan fingerprint density at radius 2 is 1.77 bits per heavy atom. The van der Waals surface area contributed by atoms with E-state index in [0.717, 1.165) is 4.68 Å². The Bertz CT molecular complexity index is 1260. The molecule has 1 saturated heterocycles. The first-order chi connectivity index (χ1) is 14.9. The number of carbonyl (C=O) groups excluding carboxylic acids is 1. The van der Waals surface area contributed by atoms with Gasteiger partial charge in [-0.2, -0.15) is 10.4 Å². The van der Waals surface area contributed by atoms with Crippen LogP contribution >= 0.6 is 0 Å². The molecule has 0 saturated carbocycles. The van der Waals surface area contributed by atoms with Crippen molar-refractivity contribution in [2.75, 3.05) is 31.1 Å². The Balaban J connectivity index is 1.57. The highest BCUT2D eigenvalue weighted by atomic mass is 19.3. The number of piperazine rings is 1. The summed E-state index contributed by atoms with van der Waals surface area (Å²) in [5, 5.41) is 14.3. The highest BCUT2D eigenvalue weighted by Gasteiger charge is 2.26. The molecule has 7 nitrogen and oxygen atoms in total. The summed E-state index contributed by atoms with van der Waals surface area (Å²) in [6.45, 7) is 1.57. The van der Waals surface area contributed by atoms with E-state index in [1.807, 2.05) is 11.0 Å². The van der Waals surface area contributed by atoms with Gasteiger partial charge in [0.2, 0.25) is 0 Å². The molecule has 158 valence electrons. The molecule has 1 aliphatic heterocycles. The third-order valence-corrected chi connectivity index (χ3v) is 5.41. The van der Waals surface area contributed by atoms with Crippen LogP contribution < -0.4 is 10.5 Å². The van der Waals surface area contributed by atoms with Gasteiger partial charge in [-0.1, -0.05) is 18.2 Å². The van der Waals surface area contributed by atoms with Crippen LogP contribution in [0.15, 0.2) is 47.3 Å². The number of carbonyl (C=O) groups is 1. The molecule has 1 amide bonds. The molecule has 31 heavy (non-hydrogen) atoms. The molecule has 0 radical (unpaired) electrons. The normalized spacial score (nSPS) is 14.2. The lowest BCUT2D eigenvalue weighted by Crippen LogP contribution is -2.49. The summed E-state index contributed by atoms with van der Waals surface area (Å²) in [6, 6.07) is 12.9. The zero-order chi connectivity index (χ0) is 22.1. The SMILES string of the molecule is Cn1nc(C(=O)N2CCN(c3cc(C#N)cc(C(F)F)c3)CC2)c2ccccc2c1=O. The van der Waals surface area contributed by atoms with Gasteiger partial charge in [0.25, 0.3) is 17.9 Å². The number of aryl methyl sites for hydroxylation is 1. The number of alkyl halides is 2. The van der Waals surface area contributed by atoms with Crippen molar-refractivity contribution >= 4 is 22.4 Å². The van der Waals surface area contributed by atoms with Crippen LogP contribution in [-0.2, 0) is 7.05 Å². The highest BCUT2D eigenvalue weighted by molar-refractivity contribution is 6.04. The van der Waals surface area contributed by atoms with Crippen molar-refractivity contribution in [3.63, 3.8) is 0 Å². The molecule has 0 N–H and O–H groups in total. The summed E-state index contributed by atoms with van der Waals surface area (Å²) in [6.07, 6.45) is -2.67. The van der Waals surface area contributed by atoms with Gasteiger partial charge < -0.3 is 9.80 Å². The van der Waals surface area contributed by atoms with Crippen LogP contribution in [0.25, 0.3) is 10.8 Å². The number of hydrogen-bond donors (Lipinski definition) is 0. The van der Waals surface area contributed by atoms with Crippen molar-refractivity contribution in [1.82, 2.24) is 14.7 Å². The fourth-order valence-corrected chi connectivity index (χ4v) is 3.78. The lowest BCUT2D eigenvalue weighted by molar-refractivity contribution is 0.0740. The Hall–Kier alpha value is -3.80. The van der Waals surface area contributed by atoms with Crippen molar-refractivity contribution < 1.29 is 13.6 Å². The second kappa shape index (κ2) is 8.14. The van der Waals surface area contributed by atoms with E-state index in [1.54, 1.807) is 35.2 Å². The quantitative estimate of drug-likeness (QED) is 0.647. The number of rotatable bonds is 3. The second-order valence-corrected chi connectivity index (χ2v) is 7.33. The largest absolute Gasteiger partial charge is 0.368 e. The fourth-order valence-electron chi connectivity index (χ4n) is 3.78. The van der Waals surface area contributed by atoms with Crippen LogP contribution in [0.5, 0.6) is 0 Å². The monoisotopic (exact) mass is 423 g/mol. The number of hydrogen-bond acceptors (Lipinski definition) is 5. The van der Waals surface area contributed by atoms with Crippen LogP contribution in [-0.4, -0.2) is 46.8 Å². The zero-order valence-corrected chi connectivity index (χ0v) is 16.8. The van der Waals surface area contributed by atoms with Crippen molar-refractivity contribution in [3.8, 4) is 6.07 Å². The number of benzene rings is 2. The predicted octanol–water partition coefficient (Wildman–Crippen LogP) is 2.71. The third-order valence-electron chi connectivity index (χ3n) is 5.41. The van der Waals surface area contributed by atoms with E-state index in [9.17, 15) is 18.4 Å². The predicted molar refractivity (Wildman–Crippen MR) is 111 cm³/mol. The first kappa shape index (κ1) is 20.5. The van der Waals surface area contributed by atoms with Crippen LogP contribution in [0.2, 0.25) is 0 Å². The van der Waals surface area contributed by atoms with Crippen LogP contribution in [0, 0.1) is 11.3 Å². The lowest BCUT2D eigenvalue weighted by atomic mass is 10.1. The Morgan fingerprint density at radius 1 is 1.10 bits per heavy atom. The van der Waals surface area contributed by atoms with E-state index in [1.165, 1.54) is 19.2 Å². The first-order valence-corrected chi connectivity index (χ1v) is 9.72. The Morgan fingerprint density at radius 3 is 2.42 bits per heavy atom. The van der Waals surface area contributed by atoms with E-state index >= 15 is 0 Å². The van der Waals surface area contributed by atoms with Crippen molar-refractivity contribution in [2.24, 2.45) is 7.05 Å². The van der Waals surface area contributed by atoms with Gasteiger partial charge in [0.05, 0.1) is 17.0 Å². The topological polar surface area (TPSA) is 82.2 Å². The smallest absolute Gasteiger partial charge is 0.275 e. The number of amides is 1. The van der Waals surface area contributed by atoms with Gasteiger partial charge in [-0.3, -0.25) is 9.59 Å². The molecule has 1 aliphatic rings. The van der Waals surface area contributed by atoms with Crippen LogP contribution in [0.1, 0.15) is 28.0 Å². The molecule has 1 aromatic heterocycles. The summed E-state index contributed by atoms with van der Waals surface area (Å²) in [5.41, 5.74) is 0.439. The number of nitrogens with zero attached hydrogens (tertiary/aromatic N) is 5. The second-order valence-electron chi connectivity index (χ2n) is 7.33.